The molecule has 2 aromatic rings. The second-order valence-electron chi connectivity index (χ2n) is 4.04. The first kappa shape index (κ1) is 12.9. The van der Waals surface area contributed by atoms with Crippen LogP contribution < -0.4 is 5.32 Å². The van der Waals surface area contributed by atoms with Gasteiger partial charge in [0, 0.05) is 13.7 Å². The SMILES string of the molecule is COCc1ccccc1CNc1ccccc1Cl. The number of methoxy groups -OCH3 is 1. The summed E-state index contributed by atoms with van der Waals surface area (Å²) in [6.45, 7) is 1.36. The van der Waals surface area contributed by atoms with Crippen LogP contribution in [0.5, 0.6) is 0 Å². The maximum absolute atomic E-state index is 6.10. The maximum atomic E-state index is 6.10. The predicted molar refractivity (Wildman–Crippen MR) is 75.9 cm³/mol. The quantitative estimate of drug-likeness (QED) is 0.875. The van der Waals surface area contributed by atoms with E-state index in [0.29, 0.717) is 6.61 Å². The Morgan fingerprint density at radius 1 is 1.00 bits per heavy atom. The van der Waals surface area contributed by atoms with Crippen LogP contribution in [0.15, 0.2) is 48.5 Å². The van der Waals surface area contributed by atoms with Crippen molar-refractivity contribution in [1.29, 1.82) is 0 Å². The van der Waals surface area contributed by atoms with Crippen LogP contribution in [-0.4, -0.2) is 7.11 Å². The van der Waals surface area contributed by atoms with Crippen molar-refractivity contribution in [2.24, 2.45) is 0 Å². The van der Waals surface area contributed by atoms with Gasteiger partial charge in [-0.15, -0.1) is 0 Å². The lowest BCUT2D eigenvalue weighted by Gasteiger charge is -2.11. The molecule has 0 atom stereocenters. The molecule has 0 aliphatic heterocycles. The highest BCUT2D eigenvalue weighted by Crippen LogP contribution is 2.21. The fourth-order valence-corrected chi connectivity index (χ4v) is 2.02. The molecule has 0 amide bonds. The van der Waals surface area contributed by atoms with Gasteiger partial charge in [0.1, 0.15) is 0 Å². The molecule has 0 unspecified atom stereocenters. The lowest BCUT2D eigenvalue weighted by Crippen LogP contribution is -2.03. The molecule has 2 aromatic carbocycles. The summed E-state index contributed by atoms with van der Waals surface area (Å²) in [5.41, 5.74) is 3.37. The lowest BCUT2D eigenvalue weighted by atomic mass is 10.1. The van der Waals surface area contributed by atoms with E-state index in [1.54, 1.807) is 7.11 Å². The molecule has 0 aliphatic rings. The molecule has 3 heteroatoms. The van der Waals surface area contributed by atoms with E-state index >= 15 is 0 Å². The van der Waals surface area contributed by atoms with E-state index in [1.165, 1.54) is 11.1 Å². The molecular formula is C15H16ClNO. The third-order valence-electron chi connectivity index (χ3n) is 2.76. The highest BCUT2D eigenvalue weighted by molar-refractivity contribution is 6.33. The van der Waals surface area contributed by atoms with Gasteiger partial charge in [0.2, 0.25) is 0 Å². The van der Waals surface area contributed by atoms with Crippen LogP contribution in [0.1, 0.15) is 11.1 Å². The van der Waals surface area contributed by atoms with Crippen molar-refractivity contribution in [2.75, 3.05) is 12.4 Å². The number of rotatable bonds is 5. The van der Waals surface area contributed by atoms with Crippen molar-refractivity contribution in [3.63, 3.8) is 0 Å². The fourth-order valence-electron chi connectivity index (χ4n) is 1.82. The highest BCUT2D eigenvalue weighted by Gasteiger charge is 2.02. The minimum absolute atomic E-state index is 0.625. The molecule has 0 spiro atoms. The number of halogens is 1. The summed E-state index contributed by atoms with van der Waals surface area (Å²) >= 11 is 6.10. The van der Waals surface area contributed by atoms with Crippen molar-refractivity contribution in [3.8, 4) is 0 Å². The zero-order valence-electron chi connectivity index (χ0n) is 10.3. The number of nitrogens with one attached hydrogen (secondary N) is 1. The van der Waals surface area contributed by atoms with Gasteiger partial charge in [-0.2, -0.15) is 0 Å². The molecule has 0 aromatic heterocycles. The molecule has 0 bridgehead atoms. The summed E-state index contributed by atoms with van der Waals surface area (Å²) in [5.74, 6) is 0. The Morgan fingerprint density at radius 2 is 1.67 bits per heavy atom. The Labute approximate surface area is 113 Å². The van der Waals surface area contributed by atoms with Gasteiger partial charge in [-0.1, -0.05) is 48.0 Å². The zero-order chi connectivity index (χ0) is 12.8. The van der Waals surface area contributed by atoms with Crippen molar-refractivity contribution < 1.29 is 4.74 Å². The van der Waals surface area contributed by atoms with Crippen molar-refractivity contribution in [1.82, 2.24) is 0 Å². The molecule has 94 valence electrons. The summed E-state index contributed by atoms with van der Waals surface area (Å²) in [6.07, 6.45) is 0. The summed E-state index contributed by atoms with van der Waals surface area (Å²) < 4.78 is 5.19. The van der Waals surface area contributed by atoms with E-state index in [9.17, 15) is 0 Å². The number of ether oxygens (including phenoxy) is 1. The number of hydrogen-bond acceptors (Lipinski definition) is 2. The lowest BCUT2D eigenvalue weighted by molar-refractivity contribution is 0.184. The summed E-state index contributed by atoms with van der Waals surface area (Å²) in [6, 6.07) is 16.0. The van der Waals surface area contributed by atoms with Gasteiger partial charge in [-0.05, 0) is 23.3 Å². The molecule has 2 rings (SSSR count). The molecule has 0 heterocycles. The van der Waals surface area contributed by atoms with Gasteiger partial charge in [0.05, 0.1) is 17.3 Å². The average molecular weight is 262 g/mol. The van der Waals surface area contributed by atoms with Gasteiger partial charge < -0.3 is 10.1 Å². The van der Waals surface area contributed by atoms with E-state index in [0.717, 1.165) is 17.3 Å². The number of anilines is 1. The summed E-state index contributed by atoms with van der Waals surface area (Å²) in [5, 5.41) is 4.08. The minimum Gasteiger partial charge on any atom is -0.380 e. The van der Waals surface area contributed by atoms with E-state index in [2.05, 4.69) is 17.4 Å². The second-order valence-corrected chi connectivity index (χ2v) is 4.44. The van der Waals surface area contributed by atoms with Gasteiger partial charge in [0.15, 0.2) is 0 Å². The highest BCUT2D eigenvalue weighted by atomic mass is 35.5. The largest absolute Gasteiger partial charge is 0.380 e. The molecule has 18 heavy (non-hydrogen) atoms. The standard InChI is InChI=1S/C15H16ClNO/c1-18-11-13-7-3-2-6-12(13)10-17-15-9-5-4-8-14(15)16/h2-9,17H,10-11H2,1H3. The van der Waals surface area contributed by atoms with Gasteiger partial charge >= 0.3 is 0 Å². The topological polar surface area (TPSA) is 21.3 Å². The monoisotopic (exact) mass is 261 g/mol. The smallest absolute Gasteiger partial charge is 0.0716 e. The third kappa shape index (κ3) is 3.25. The number of benzene rings is 2. The van der Waals surface area contributed by atoms with Crippen LogP contribution in [0.2, 0.25) is 5.02 Å². The Bertz CT molecular complexity index is 513. The Balaban J connectivity index is 2.08. The Morgan fingerprint density at radius 3 is 2.39 bits per heavy atom. The Kier molecular flexibility index (Phi) is 4.62. The van der Waals surface area contributed by atoms with Crippen LogP contribution in [0.4, 0.5) is 5.69 Å². The summed E-state index contributed by atoms with van der Waals surface area (Å²) in [7, 11) is 1.71. The van der Waals surface area contributed by atoms with Crippen molar-refractivity contribution in [2.45, 2.75) is 13.2 Å². The predicted octanol–water partition coefficient (Wildman–Crippen LogP) is 4.10. The second kappa shape index (κ2) is 6.43. The minimum atomic E-state index is 0.625. The first-order chi connectivity index (χ1) is 8.81. The average Bonchev–Trinajstić information content (AvgIpc) is 2.40. The molecule has 2 nitrogen and oxygen atoms in total. The molecule has 0 aliphatic carbocycles. The van der Waals surface area contributed by atoms with E-state index in [1.807, 2.05) is 36.4 Å². The molecule has 0 fully saturated rings. The number of para-hydroxylation sites is 1. The van der Waals surface area contributed by atoms with E-state index in [4.69, 9.17) is 16.3 Å². The van der Waals surface area contributed by atoms with Gasteiger partial charge in [0.25, 0.3) is 0 Å². The van der Waals surface area contributed by atoms with Crippen LogP contribution in [-0.2, 0) is 17.9 Å². The Hall–Kier alpha value is -1.51. The molecule has 0 radical (unpaired) electrons. The van der Waals surface area contributed by atoms with Crippen LogP contribution in [0.3, 0.4) is 0 Å². The zero-order valence-corrected chi connectivity index (χ0v) is 11.1. The van der Waals surface area contributed by atoms with Crippen LogP contribution >= 0.6 is 11.6 Å². The van der Waals surface area contributed by atoms with Crippen LogP contribution in [0, 0.1) is 0 Å². The van der Waals surface area contributed by atoms with Gasteiger partial charge in [-0.3, -0.25) is 0 Å². The molecule has 0 saturated carbocycles. The third-order valence-corrected chi connectivity index (χ3v) is 3.09. The summed E-state index contributed by atoms with van der Waals surface area (Å²) in [4.78, 5) is 0. The molecule has 0 saturated heterocycles. The first-order valence-corrected chi connectivity index (χ1v) is 6.23. The normalized spacial score (nSPS) is 10.3. The van der Waals surface area contributed by atoms with E-state index < -0.39 is 0 Å². The number of hydrogen-bond donors (Lipinski definition) is 1. The first-order valence-electron chi connectivity index (χ1n) is 5.85. The van der Waals surface area contributed by atoms with Gasteiger partial charge in [-0.25, -0.2) is 0 Å². The van der Waals surface area contributed by atoms with E-state index in [-0.39, 0.29) is 0 Å². The fraction of sp³-hybridized carbons (Fsp3) is 0.200. The maximum Gasteiger partial charge on any atom is 0.0716 e. The van der Waals surface area contributed by atoms with Crippen molar-refractivity contribution >= 4 is 17.3 Å². The molecular weight excluding hydrogens is 246 g/mol. The molecule has 1 N–H and O–H groups in total. The van der Waals surface area contributed by atoms with Crippen LogP contribution in [0.25, 0.3) is 0 Å². The van der Waals surface area contributed by atoms with Crippen molar-refractivity contribution in [3.05, 3.63) is 64.7 Å².